The number of carbonyl (C=O) groups excluding carboxylic acids is 1. The first-order valence-electron chi connectivity index (χ1n) is 9.36. The Morgan fingerprint density at radius 3 is 2.60 bits per heavy atom. The quantitative estimate of drug-likeness (QED) is 0.753. The maximum absolute atomic E-state index is 12.2. The minimum absolute atomic E-state index is 0.132. The second-order valence-corrected chi connectivity index (χ2v) is 7.68. The van der Waals surface area contributed by atoms with Crippen LogP contribution >= 0.6 is 0 Å². The van der Waals surface area contributed by atoms with Gasteiger partial charge in [0.25, 0.3) is 0 Å². The predicted molar refractivity (Wildman–Crippen MR) is 96.3 cm³/mol. The fourth-order valence-corrected chi connectivity index (χ4v) is 4.00. The van der Waals surface area contributed by atoms with Gasteiger partial charge in [0.05, 0.1) is 17.6 Å². The summed E-state index contributed by atoms with van der Waals surface area (Å²) in [4.78, 5) is 18.6. The van der Waals surface area contributed by atoms with Crippen LogP contribution in [0.1, 0.15) is 51.4 Å². The van der Waals surface area contributed by atoms with Crippen LogP contribution in [0, 0.1) is 0 Å². The van der Waals surface area contributed by atoms with Crippen molar-refractivity contribution in [2.75, 3.05) is 24.5 Å². The van der Waals surface area contributed by atoms with Crippen molar-refractivity contribution >= 4 is 11.7 Å². The zero-order chi connectivity index (χ0) is 17.8. The number of nitrogens with zero attached hydrogens (tertiary/aromatic N) is 2. The maximum Gasteiger partial charge on any atom is 0.222 e. The van der Waals surface area contributed by atoms with Gasteiger partial charge in [-0.3, -0.25) is 4.79 Å². The zero-order valence-electron chi connectivity index (χ0n) is 14.8. The molecule has 0 bridgehead atoms. The number of anilines is 1. The molecule has 138 valence electrons. The standard InChI is InChI=1S/C19H29N3O3/c23-17(13-18(24)8-3-1-4-9-18)21-14-19(25)10-6-12-22(15-19)16-7-2-5-11-20-16/h2,5,7,11,24-25H,1,3-4,6,8-10,12-15H2,(H,21,23)/t19-/m1/s1. The highest BCUT2D eigenvalue weighted by atomic mass is 16.3. The van der Waals surface area contributed by atoms with E-state index in [4.69, 9.17) is 0 Å². The van der Waals surface area contributed by atoms with Gasteiger partial charge >= 0.3 is 0 Å². The molecule has 6 heteroatoms. The molecule has 3 rings (SSSR count). The molecule has 6 nitrogen and oxygen atoms in total. The number of nitrogens with one attached hydrogen (secondary N) is 1. The molecular weight excluding hydrogens is 318 g/mol. The van der Waals surface area contributed by atoms with Crippen LogP contribution in [-0.2, 0) is 4.79 Å². The number of pyridine rings is 1. The highest BCUT2D eigenvalue weighted by Crippen LogP contribution is 2.31. The summed E-state index contributed by atoms with van der Waals surface area (Å²) < 4.78 is 0. The van der Waals surface area contributed by atoms with Crippen molar-refractivity contribution in [2.24, 2.45) is 0 Å². The van der Waals surface area contributed by atoms with Crippen LogP contribution in [0.15, 0.2) is 24.4 Å². The summed E-state index contributed by atoms with van der Waals surface area (Å²) in [5, 5.41) is 24.2. The number of amides is 1. The van der Waals surface area contributed by atoms with Gasteiger partial charge in [0.2, 0.25) is 5.91 Å². The fourth-order valence-electron chi connectivity index (χ4n) is 4.00. The van der Waals surface area contributed by atoms with Crippen LogP contribution in [0.3, 0.4) is 0 Å². The van der Waals surface area contributed by atoms with Gasteiger partial charge in [-0.25, -0.2) is 4.98 Å². The smallest absolute Gasteiger partial charge is 0.222 e. The largest absolute Gasteiger partial charge is 0.389 e. The summed E-state index contributed by atoms with van der Waals surface area (Å²) in [5.74, 6) is 0.677. The van der Waals surface area contributed by atoms with Gasteiger partial charge in [-0.15, -0.1) is 0 Å². The predicted octanol–water partition coefficient (Wildman–Crippen LogP) is 1.61. The minimum atomic E-state index is -0.958. The van der Waals surface area contributed by atoms with E-state index in [2.05, 4.69) is 15.2 Å². The number of carbonyl (C=O) groups is 1. The van der Waals surface area contributed by atoms with Gasteiger partial charge in [-0.2, -0.15) is 0 Å². The third kappa shape index (κ3) is 4.92. The lowest BCUT2D eigenvalue weighted by molar-refractivity contribution is -0.128. The number of hydrogen-bond donors (Lipinski definition) is 3. The summed E-state index contributed by atoms with van der Waals surface area (Å²) in [6.45, 7) is 1.52. The van der Waals surface area contributed by atoms with E-state index in [1.807, 2.05) is 18.2 Å². The Balaban J connectivity index is 1.52. The van der Waals surface area contributed by atoms with Crippen LogP contribution in [-0.4, -0.2) is 51.9 Å². The Labute approximate surface area is 149 Å². The second-order valence-electron chi connectivity index (χ2n) is 7.68. The Morgan fingerprint density at radius 1 is 1.12 bits per heavy atom. The first-order chi connectivity index (χ1) is 12.0. The fraction of sp³-hybridized carbons (Fsp3) is 0.684. The molecule has 0 spiro atoms. The Hall–Kier alpha value is -1.66. The van der Waals surface area contributed by atoms with Gasteiger partial charge in [0.1, 0.15) is 5.82 Å². The number of rotatable bonds is 5. The number of piperidine rings is 1. The maximum atomic E-state index is 12.2. The third-order valence-corrected chi connectivity index (χ3v) is 5.42. The van der Waals surface area contributed by atoms with Crippen LogP contribution in [0.5, 0.6) is 0 Å². The van der Waals surface area contributed by atoms with Crippen molar-refractivity contribution in [2.45, 2.75) is 62.6 Å². The first kappa shape index (κ1) is 18.1. The van der Waals surface area contributed by atoms with Crippen LogP contribution in [0.2, 0.25) is 0 Å². The van der Waals surface area contributed by atoms with Gasteiger partial charge < -0.3 is 20.4 Å². The molecule has 1 atom stereocenters. The molecule has 1 aliphatic heterocycles. The molecule has 0 radical (unpaired) electrons. The molecule has 1 aromatic rings. The molecule has 1 aromatic heterocycles. The van der Waals surface area contributed by atoms with E-state index in [0.717, 1.165) is 38.0 Å². The Morgan fingerprint density at radius 2 is 1.88 bits per heavy atom. The molecule has 0 aromatic carbocycles. The van der Waals surface area contributed by atoms with Gasteiger partial charge in [-0.1, -0.05) is 25.3 Å². The highest BCUT2D eigenvalue weighted by molar-refractivity contribution is 5.77. The normalized spacial score (nSPS) is 26.2. The lowest BCUT2D eigenvalue weighted by atomic mass is 9.82. The Kier molecular flexibility index (Phi) is 5.59. The number of aromatic nitrogens is 1. The lowest BCUT2D eigenvalue weighted by Crippen LogP contribution is -2.55. The molecule has 2 aliphatic rings. The molecule has 1 saturated heterocycles. The van der Waals surface area contributed by atoms with Crippen molar-refractivity contribution in [1.82, 2.24) is 10.3 Å². The average molecular weight is 347 g/mol. The average Bonchev–Trinajstić information content (AvgIpc) is 2.61. The lowest BCUT2D eigenvalue weighted by Gasteiger charge is -2.40. The molecule has 0 unspecified atom stereocenters. The monoisotopic (exact) mass is 347 g/mol. The van der Waals surface area contributed by atoms with Crippen LogP contribution in [0.4, 0.5) is 5.82 Å². The second kappa shape index (κ2) is 7.70. The molecule has 3 N–H and O–H groups in total. The molecule has 2 heterocycles. The summed E-state index contributed by atoms with van der Waals surface area (Å²) in [6.07, 6.45) is 7.86. The van der Waals surface area contributed by atoms with Gasteiger partial charge in [-0.05, 0) is 37.8 Å². The van der Waals surface area contributed by atoms with Gasteiger partial charge in [0.15, 0.2) is 0 Å². The van der Waals surface area contributed by atoms with Crippen LogP contribution < -0.4 is 10.2 Å². The third-order valence-electron chi connectivity index (χ3n) is 5.42. The molecule has 1 saturated carbocycles. The van der Waals surface area contributed by atoms with Crippen molar-refractivity contribution in [3.05, 3.63) is 24.4 Å². The number of β-amino-alcohol motifs (C(OH)–C–C–N with tert-alkyl or cyclic N) is 1. The van der Waals surface area contributed by atoms with E-state index in [1.165, 1.54) is 0 Å². The van der Waals surface area contributed by atoms with E-state index in [1.54, 1.807) is 6.20 Å². The Bertz CT molecular complexity index is 575. The van der Waals surface area contributed by atoms with Crippen molar-refractivity contribution < 1.29 is 15.0 Å². The molecule has 1 aliphatic carbocycles. The molecule has 2 fully saturated rings. The van der Waals surface area contributed by atoms with E-state index >= 15 is 0 Å². The number of hydrogen-bond acceptors (Lipinski definition) is 5. The first-order valence-corrected chi connectivity index (χ1v) is 9.36. The van der Waals surface area contributed by atoms with E-state index in [9.17, 15) is 15.0 Å². The summed E-state index contributed by atoms with van der Waals surface area (Å²) in [7, 11) is 0. The highest BCUT2D eigenvalue weighted by Gasteiger charge is 2.36. The van der Waals surface area contributed by atoms with Crippen LogP contribution in [0.25, 0.3) is 0 Å². The van der Waals surface area contributed by atoms with Gasteiger partial charge in [0, 0.05) is 25.8 Å². The van der Waals surface area contributed by atoms with Crippen molar-refractivity contribution in [3.8, 4) is 0 Å². The minimum Gasteiger partial charge on any atom is -0.389 e. The molecule has 25 heavy (non-hydrogen) atoms. The van der Waals surface area contributed by atoms with E-state index in [-0.39, 0.29) is 18.9 Å². The van der Waals surface area contributed by atoms with Crippen molar-refractivity contribution in [3.63, 3.8) is 0 Å². The summed E-state index contributed by atoms with van der Waals surface area (Å²) in [5.41, 5.74) is -1.82. The number of aliphatic hydroxyl groups is 2. The molecular formula is C19H29N3O3. The molecule has 1 amide bonds. The SMILES string of the molecule is O=C(CC1(O)CCCCC1)NC[C@]1(O)CCCN(c2ccccn2)C1. The zero-order valence-corrected chi connectivity index (χ0v) is 14.8. The summed E-state index contributed by atoms with van der Waals surface area (Å²) in [6, 6.07) is 5.74. The van der Waals surface area contributed by atoms with Crippen molar-refractivity contribution in [1.29, 1.82) is 0 Å². The summed E-state index contributed by atoms with van der Waals surface area (Å²) >= 11 is 0. The van der Waals surface area contributed by atoms with E-state index in [0.29, 0.717) is 25.8 Å². The topological polar surface area (TPSA) is 85.7 Å². The van der Waals surface area contributed by atoms with E-state index < -0.39 is 11.2 Å².